The summed E-state index contributed by atoms with van der Waals surface area (Å²) in [5.74, 6) is 0.318. The molecule has 0 amide bonds. The standard InChI is InChI=1S/C18H12OS/c19-13-9-11-14(12-10-13)20-17-7-3-1-5-15(17)16-6-2-4-8-18(16)20/h1-12H/p+1. The van der Waals surface area contributed by atoms with Crippen molar-refractivity contribution in [2.75, 3.05) is 0 Å². The fourth-order valence-corrected chi connectivity index (χ4v) is 5.07. The Hall–Kier alpha value is -2.32. The van der Waals surface area contributed by atoms with Crippen molar-refractivity contribution in [1.82, 2.24) is 0 Å². The van der Waals surface area contributed by atoms with Gasteiger partial charge in [-0.2, -0.15) is 0 Å². The summed E-state index contributed by atoms with van der Waals surface area (Å²) in [6.45, 7) is 0. The maximum absolute atomic E-state index is 9.49. The molecule has 0 radical (unpaired) electrons. The monoisotopic (exact) mass is 277 g/mol. The van der Waals surface area contributed by atoms with E-state index in [4.69, 9.17) is 0 Å². The second-order valence-corrected chi connectivity index (χ2v) is 6.76. The van der Waals surface area contributed by atoms with Crippen molar-refractivity contribution in [3.05, 3.63) is 72.8 Å². The minimum atomic E-state index is -0.0599. The van der Waals surface area contributed by atoms with Crippen LogP contribution < -0.4 is 0 Å². The molecule has 1 nitrogen and oxygen atoms in total. The van der Waals surface area contributed by atoms with Gasteiger partial charge in [-0.25, -0.2) is 0 Å². The van der Waals surface area contributed by atoms with Gasteiger partial charge in [0.05, 0.1) is 0 Å². The van der Waals surface area contributed by atoms with Crippen molar-refractivity contribution in [2.24, 2.45) is 0 Å². The third-order valence-corrected chi connectivity index (χ3v) is 5.91. The molecule has 4 aromatic rings. The minimum absolute atomic E-state index is 0.0599. The Kier molecular flexibility index (Phi) is 2.51. The molecule has 0 unspecified atom stereocenters. The summed E-state index contributed by atoms with van der Waals surface area (Å²) in [6.07, 6.45) is 0. The van der Waals surface area contributed by atoms with Crippen LogP contribution >= 0.6 is 10.5 Å². The van der Waals surface area contributed by atoms with Gasteiger partial charge >= 0.3 is 0 Å². The van der Waals surface area contributed by atoms with E-state index in [-0.39, 0.29) is 10.5 Å². The summed E-state index contributed by atoms with van der Waals surface area (Å²) >= 11 is 0. The van der Waals surface area contributed by atoms with Crippen LogP contribution in [0.4, 0.5) is 0 Å². The van der Waals surface area contributed by atoms with Gasteiger partial charge in [0.2, 0.25) is 0 Å². The molecule has 3 aromatic carbocycles. The van der Waals surface area contributed by atoms with Crippen LogP contribution in [-0.4, -0.2) is 5.11 Å². The zero-order valence-corrected chi connectivity index (χ0v) is 11.6. The van der Waals surface area contributed by atoms with Crippen LogP contribution in [0.2, 0.25) is 0 Å². The van der Waals surface area contributed by atoms with E-state index < -0.39 is 0 Å². The first kappa shape index (κ1) is 11.5. The summed E-state index contributed by atoms with van der Waals surface area (Å²) in [5, 5.41) is 12.2. The summed E-state index contributed by atoms with van der Waals surface area (Å²) in [5.41, 5.74) is 0. The van der Waals surface area contributed by atoms with Crippen molar-refractivity contribution < 1.29 is 5.11 Å². The zero-order chi connectivity index (χ0) is 13.5. The molecule has 2 heteroatoms. The van der Waals surface area contributed by atoms with E-state index >= 15 is 0 Å². The van der Waals surface area contributed by atoms with E-state index in [2.05, 4.69) is 48.5 Å². The van der Waals surface area contributed by atoms with Gasteiger partial charge in [0, 0.05) is 33.4 Å². The number of aromatic hydroxyl groups is 1. The Morgan fingerprint density at radius 1 is 0.600 bits per heavy atom. The predicted molar refractivity (Wildman–Crippen MR) is 86.9 cm³/mol. The molecule has 0 bridgehead atoms. The van der Waals surface area contributed by atoms with Crippen LogP contribution in [0.15, 0.2) is 72.8 Å². The van der Waals surface area contributed by atoms with E-state index in [0.717, 1.165) is 0 Å². The molecule has 0 aliphatic rings. The Labute approximate surface area is 119 Å². The van der Waals surface area contributed by atoms with Gasteiger partial charge in [-0.1, -0.05) is 24.3 Å². The number of rotatable bonds is 1. The van der Waals surface area contributed by atoms with Crippen molar-refractivity contribution in [1.29, 1.82) is 0 Å². The minimum Gasteiger partial charge on any atom is -0.508 e. The summed E-state index contributed by atoms with van der Waals surface area (Å²) in [6, 6.07) is 24.8. The van der Waals surface area contributed by atoms with Crippen molar-refractivity contribution in [3.63, 3.8) is 0 Å². The van der Waals surface area contributed by atoms with Crippen molar-refractivity contribution >= 4 is 30.6 Å². The number of hydrogen-bond acceptors (Lipinski definition) is 1. The van der Waals surface area contributed by atoms with E-state index in [0.29, 0.717) is 5.75 Å². The molecule has 0 atom stereocenters. The van der Waals surface area contributed by atoms with Gasteiger partial charge < -0.3 is 5.11 Å². The fourth-order valence-electron chi connectivity index (χ4n) is 2.69. The molecule has 4 rings (SSSR count). The number of fused-ring (bicyclic) bond motifs is 3. The molecule has 0 aliphatic heterocycles. The average molecular weight is 277 g/mol. The van der Waals surface area contributed by atoms with Crippen LogP contribution in [0.25, 0.3) is 25.1 Å². The zero-order valence-electron chi connectivity index (χ0n) is 10.8. The maximum Gasteiger partial charge on any atom is 0.187 e. The lowest BCUT2D eigenvalue weighted by Crippen LogP contribution is -1.70. The van der Waals surface area contributed by atoms with Crippen LogP contribution in [0.3, 0.4) is 0 Å². The van der Waals surface area contributed by atoms with E-state index in [9.17, 15) is 5.11 Å². The normalized spacial score (nSPS) is 11.2. The van der Waals surface area contributed by atoms with Gasteiger partial charge in [0.15, 0.2) is 14.3 Å². The SMILES string of the molecule is Oc1ccc(-[s+]2c3ccccc3c3ccccc32)cc1. The number of hydrogen-bond donors (Lipinski definition) is 1. The predicted octanol–water partition coefficient (Wildman–Crippen LogP) is 5.44. The van der Waals surface area contributed by atoms with Crippen LogP contribution in [0.1, 0.15) is 0 Å². The first-order chi connectivity index (χ1) is 9.84. The number of thiophene rings is 1. The number of benzene rings is 3. The lowest BCUT2D eigenvalue weighted by molar-refractivity contribution is 0.475. The third-order valence-electron chi connectivity index (χ3n) is 3.58. The fraction of sp³-hybridized carbons (Fsp3) is 0. The Bertz CT molecular complexity index is 850. The first-order valence-corrected chi connectivity index (χ1v) is 7.79. The van der Waals surface area contributed by atoms with Gasteiger partial charge in [-0.3, -0.25) is 0 Å². The highest BCUT2D eigenvalue weighted by molar-refractivity contribution is 7.50. The molecule has 0 saturated heterocycles. The Balaban J connectivity index is 2.17. The highest BCUT2D eigenvalue weighted by Gasteiger charge is 2.22. The van der Waals surface area contributed by atoms with Gasteiger partial charge in [-0.15, -0.1) is 0 Å². The second-order valence-electron chi connectivity index (χ2n) is 4.79. The highest BCUT2D eigenvalue weighted by atomic mass is 32.2. The van der Waals surface area contributed by atoms with Crippen molar-refractivity contribution in [2.45, 2.75) is 0 Å². The van der Waals surface area contributed by atoms with E-state index in [1.165, 1.54) is 25.1 Å². The summed E-state index contributed by atoms with van der Waals surface area (Å²) in [7, 11) is -0.0599. The lowest BCUT2D eigenvalue weighted by Gasteiger charge is -1.93. The molecule has 0 spiro atoms. The molecule has 1 aromatic heterocycles. The van der Waals surface area contributed by atoms with Gasteiger partial charge in [0.1, 0.15) is 5.75 Å². The molecular weight excluding hydrogens is 264 g/mol. The molecule has 0 aliphatic carbocycles. The smallest absolute Gasteiger partial charge is 0.187 e. The molecule has 1 N–H and O–H groups in total. The van der Waals surface area contributed by atoms with Crippen LogP contribution in [0, 0.1) is 0 Å². The van der Waals surface area contributed by atoms with Crippen molar-refractivity contribution in [3.8, 4) is 10.6 Å². The largest absolute Gasteiger partial charge is 0.508 e. The quantitative estimate of drug-likeness (QED) is 0.459. The molecule has 20 heavy (non-hydrogen) atoms. The maximum atomic E-state index is 9.49. The van der Waals surface area contributed by atoms with Gasteiger partial charge in [0.25, 0.3) is 0 Å². The Morgan fingerprint density at radius 3 is 1.65 bits per heavy atom. The van der Waals surface area contributed by atoms with E-state index in [1.807, 2.05) is 12.1 Å². The first-order valence-electron chi connectivity index (χ1n) is 6.56. The Morgan fingerprint density at radius 2 is 1.10 bits per heavy atom. The highest BCUT2D eigenvalue weighted by Crippen LogP contribution is 2.48. The number of phenolic OH excluding ortho intramolecular Hbond substituents is 1. The average Bonchev–Trinajstić information content (AvgIpc) is 2.83. The molecular formula is C18H13OS+. The molecule has 0 fully saturated rings. The van der Waals surface area contributed by atoms with Gasteiger partial charge in [-0.05, 0) is 36.4 Å². The second kappa shape index (κ2) is 4.36. The van der Waals surface area contributed by atoms with Crippen LogP contribution in [-0.2, 0) is 0 Å². The molecule has 0 saturated carbocycles. The molecule has 96 valence electrons. The molecule has 1 heterocycles. The topological polar surface area (TPSA) is 20.2 Å². The number of phenols is 1. The summed E-state index contributed by atoms with van der Waals surface area (Å²) in [4.78, 5) is 1.25. The summed E-state index contributed by atoms with van der Waals surface area (Å²) < 4.78 is 2.75. The van der Waals surface area contributed by atoms with Crippen LogP contribution in [0.5, 0.6) is 5.75 Å². The van der Waals surface area contributed by atoms with E-state index in [1.54, 1.807) is 12.1 Å². The lowest BCUT2D eigenvalue weighted by atomic mass is 10.2. The third kappa shape index (κ3) is 1.62.